The van der Waals surface area contributed by atoms with Crippen LogP contribution in [0.15, 0.2) is 35.5 Å². The van der Waals surface area contributed by atoms with E-state index in [4.69, 9.17) is 9.47 Å². The van der Waals surface area contributed by atoms with Crippen molar-refractivity contribution in [2.24, 2.45) is 0 Å². The predicted molar refractivity (Wildman–Crippen MR) is 106 cm³/mol. The Morgan fingerprint density at radius 3 is 2.38 bits per heavy atom. The smallest absolute Gasteiger partial charge is 0.337 e. The van der Waals surface area contributed by atoms with Gasteiger partial charge in [-0.1, -0.05) is 25.0 Å². The highest BCUT2D eigenvalue weighted by Crippen LogP contribution is 2.28. The molecular formula is C21H27N3O5. The highest BCUT2D eigenvalue weighted by molar-refractivity contribution is 5.94. The summed E-state index contributed by atoms with van der Waals surface area (Å²) < 4.78 is 10.5. The zero-order chi connectivity index (χ0) is 20.8. The van der Waals surface area contributed by atoms with E-state index in [2.05, 4.69) is 10.6 Å². The summed E-state index contributed by atoms with van der Waals surface area (Å²) in [5.74, 6) is 0.0361. The molecule has 2 aliphatic rings. The van der Waals surface area contributed by atoms with Crippen molar-refractivity contribution >= 4 is 17.9 Å². The summed E-state index contributed by atoms with van der Waals surface area (Å²) in [5, 5.41) is 5.32. The van der Waals surface area contributed by atoms with Gasteiger partial charge in [0.15, 0.2) is 6.61 Å². The van der Waals surface area contributed by atoms with Gasteiger partial charge in [-0.3, -0.25) is 4.79 Å². The SMILES string of the molecule is COC(=O)C1=C(C)NC(=O)N[C@@H]1c1ccc(OCC(=O)N2CCCCCC2)cc1. The topological polar surface area (TPSA) is 97.0 Å². The molecule has 29 heavy (non-hydrogen) atoms. The van der Waals surface area contributed by atoms with Crippen LogP contribution in [0.2, 0.25) is 0 Å². The molecule has 0 bridgehead atoms. The Bertz CT molecular complexity index is 795. The zero-order valence-electron chi connectivity index (χ0n) is 16.8. The van der Waals surface area contributed by atoms with E-state index in [1.807, 2.05) is 4.90 Å². The summed E-state index contributed by atoms with van der Waals surface area (Å²) in [5.41, 5.74) is 1.51. The molecule has 1 saturated heterocycles. The number of rotatable bonds is 5. The summed E-state index contributed by atoms with van der Waals surface area (Å²) in [6.45, 7) is 3.23. The Morgan fingerprint density at radius 1 is 1.10 bits per heavy atom. The second-order valence-electron chi connectivity index (χ2n) is 7.21. The predicted octanol–water partition coefficient (Wildman–Crippen LogP) is 2.27. The van der Waals surface area contributed by atoms with E-state index in [-0.39, 0.29) is 18.5 Å². The highest BCUT2D eigenvalue weighted by atomic mass is 16.5. The highest BCUT2D eigenvalue weighted by Gasteiger charge is 2.31. The molecule has 8 heteroatoms. The van der Waals surface area contributed by atoms with Crippen molar-refractivity contribution in [2.75, 3.05) is 26.8 Å². The number of methoxy groups -OCH3 is 1. The molecule has 2 heterocycles. The summed E-state index contributed by atoms with van der Waals surface area (Å²) in [7, 11) is 1.30. The molecule has 156 valence electrons. The van der Waals surface area contributed by atoms with Gasteiger partial charge in [-0.25, -0.2) is 9.59 Å². The molecule has 0 aromatic heterocycles. The van der Waals surface area contributed by atoms with Crippen molar-refractivity contribution in [2.45, 2.75) is 38.6 Å². The Kier molecular flexibility index (Phi) is 6.74. The van der Waals surface area contributed by atoms with Crippen molar-refractivity contribution in [1.82, 2.24) is 15.5 Å². The van der Waals surface area contributed by atoms with Gasteiger partial charge in [0.1, 0.15) is 5.75 Å². The number of hydrogen-bond donors (Lipinski definition) is 2. The monoisotopic (exact) mass is 401 g/mol. The molecule has 1 aromatic rings. The van der Waals surface area contributed by atoms with Crippen LogP contribution in [0.3, 0.4) is 0 Å². The minimum atomic E-state index is -0.621. The lowest BCUT2D eigenvalue weighted by atomic mass is 9.95. The van der Waals surface area contributed by atoms with Gasteiger partial charge < -0.3 is 25.0 Å². The lowest BCUT2D eigenvalue weighted by molar-refractivity contribution is -0.136. The Balaban J connectivity index is 1.66. The van der Waals surface area contributed by atoms with Crippen molar-refractivity contribution < 1.29 is 23.9 Å². The van der Waals surface area contributed by atoms with Crippen LogP contribution in [0.4, 0.5) is 4.79 Å². The van der Waals surface area contributed by atoms with Crippen LogP contribution in [0.25, 0.3) is 0 Å². The second-order valence-corrected chi connectivity index (χ2v) is 7.21. The number of carbonyl (C=O) groups is 3. The van der Waals surface area contributed by atoms with Crippen LogP contribution in [0, 0.1) is 0 Å². The standard InChI is InChI=1S/C21H27N3O5/c1-14-18(20(26)28-2)19(23-21(27)22-14)15-7-9-16(10-8-15)29-13-17(25)24-11-5-3-4-6-12-24/h7-10,19H,3-6,11-13H2,1-2H3,(H2,22,23,27)/t19-/m1/s1. The molecule has 0 unspecified atom stereocenters. The third-order valence-corrected chi connectivity index (χ3v) is 5.21. The Labute approximate surface area is 170 Å². The second kappa shape index (κ2) is 9.45. The Hall–Kier alpha value is -3.03. The number of carbonyl (C=O) groups excluding carboxylic acids is 3. The maximum atomic E-state index is 12.4. The van der Waals surface area contributed by atoms with E-state index in [0.717, 1.165) is 25.9 Å². The first-order valence-electron chi connectivity index (χ1n) is 9.86. The van der Waals surface area contributed by atoms with Crippen molar-refractivity contribution in [3.05, 3.63) is 41.1 Å². The fraction of sp³-hybridized carbons (Fsp3) is 0.476. The first kappa shape index (κ1) is 20.7. The molecule has 3 amide bonds. The van der Waals surface area contributed by atoms with Crippen molar-refractivity contribution in [1.29, 1.82) is 0 Å². The maximum Gasteiger partial charge on any atom is 0.337 e. The summed E-state index contributed by atoms with van der Waals surface area (Å²) in [4.78, 5) is 38.2. The first-order chi connectivity index (χ1) is 14.0. The number of hydrogen-bond acceptors (Lipinski definition) is 5. The summed E-state index contributed by atoms with van der Waals surface area (Å²) >= 11 is 0. The van der Waals surface area contributed by atoms with Crippen LogP contribution in [0.1, 0.15) is 44.2 Å². The third-order valence-electron chi connectivity index (χ3n) is 5.21. The van der Waals surface area contributed by atoms with E-state index in [9.17, 15) is 14.4 Å². The van der Waals surface area contributed by atoms with E-state index >= 15 is 0 Å². The molecular weight excluding hydrogens is 374 g/mol. The van der Waals surface area contributed by atoms with E-state index in [1.54, 1.807) is 31.2 Å². The number of urea groups is 1. The van der Waals surface area contributed by atoms with Gasteiger partial charge in [0.2, 0.25) is 0 Å². The van der Waals surface area contributed by atoms with Crippen LogP contribution < -0.4 is 15.4 Å². The lowest BCUT2D eigenvalue weighted by Crippen LogP contribution is -2.45. The molecule has 2 N–H and O–H groups in total. The van der Waals surface area contributed by atoms with Crippen LogP contribution in [0.5, 0.6) is 5.75 Å². The number of amides is 3. The normalized spacial score (nSPS) is 19.7. The van der Waals surface area contributed by atoms with Crippen LogP contribution in [-0.4, -0.2) is 49.6 Å². The fourth-order valence-electron chi connectivity index (χ4n) is 3.64. The molecule has 1 atom stereocenters. The molecule has 1 fully saturated rings. The summed E-state index contributed by atoms with van der Waals surface area (Å²) in [6.07, 6.45) is 4.41. The minimum absolute atomic E-state index is 0.00411. The maximum absolute atomic E-state index is 12.4. The van der Waals surface area contributed by atoms with E-state index in [1.165, 1.54) is 20.0 Å². The molecule has 0 radical (unpaired) electrons. The third kappa shape index (κ3) is 5.07. The number of nitrogens with zero attached hydrogens (tertiary/aromatic N) is 1. The van der Waals surface area contributed by atoms with Gasteiger partial charge in [0, 0.05) is 18.8 Å². The molecule has 0 spiro atoms. The number of allylic oxidation sites excluding steroid dienone is 1. The number of nitrogens with one attached hydrogen (secondary N) is 2. The average Bonchev–Trinajstić information content (AvgIpc) is 3.01. The molecule has 2 aliphatic heterocycles. The first-order valence-corrected chi connectivity index (χ1v) is 9.86. The van der Waals surface area contributed by atoms with Crippen LogP contribution >= 0.6 is 0 Å². The fourth-order valence-corrected chi connectivity index (χ4v) is 3.64. The zero-order valence-corrected chi connectivity index (χ0v) is 16.8. The molecule has 0 saturated carbocycles. The van der Waals surface area contributed by atoms with Gasteiger partial charge in [-0.05, 0) is 37.5 Å². The van der Waals surface area contributed by atoms with Crippen molar-refractivity contribution in [3.8, 4) is 5.75 Å². The number of benzene rings is 1. The molecule has 1 aromatic carbocycles. The van der Waals surface area contributed by atoms with Gasteiger partial charge >= 0.3 is 12.0 Å². The Morgan fingerprint density at radius 2 is 1.76 bits per heavy atom. The van der Waals surface area contributed by atoms with Gasteiger partial charge in [0.25, 0.3) is 5.91 Å². The number of likely N-dealkylation sites (tertiary alicyclic amines) is 1. The van der Waals surface area contributed by atoms with E-state index in [0.29, 0.717) is 22.6 Å². The summed E-state index contributed by atoms with van der Waals surface area (Å²) in [6, 6.07) is 5.97. The van der Waals surface area contributed by atoms with Crippen molar-refractivity contribution in [3.63, 3.8) is 0 Å². The lowest BCUT2D eigenvalue weighted by Gasteiger charge is -2.27. The van der Waals surface area contributed by atoms with E-state index < -0.39 is 12.0 Å². The average molecular weight is 401 g/mol. The van der Waals surface area contributed by atoms with Gasteiger partial charge in [-0.15, -0.1) is 0 Å². The largest absolute Gasteiger partial charge is 0.484 e. The van der Waals surface area contributed by atoms with Gasteiger partial charge in [0.05, 0.1) is 18.7 Å². The number of esters is 1. The number of ether oxygens (including phenoxy) is 2. The quantitative estimate of drug-likeness (QED) is 0.738. The molecule has 3 rings (SSSR count). The van der Waals surface area contributed by atoms with Gasteiger partial charge in [-0.2, -0.15) is 0 Å². The van der Waals surface area contributed by atoms with Crippen LogP contribution in [-0.2, 0) is 14.3 Å². The molecule has 8 nitrogen and oxygen atoms in total. The molecule has 0 aliphatic carbocycles. The minimum Gasteiger partial charge on any atom is -0.484 e.